The number of amides is 4. The molecule has 168 valence electrons. The predicted molar refractivity (Wildman–Crippen MR) is 120 cm³/mol. The summed E-state index contributed by atoms with van der Waals surface area (Å²) in [6, 6.07) is 13.6. The molecule has 4 rings (SSSR count). The number of hydrogen-bond donors (Lipinski definition) is 2. The van der Waals surface area contributed by atoms with Crippen molar-refractivity contribution in [2.45, 2.75) is 25.6 Å². The van der Waals surface area contributed by atoms with Gasteiger partial charge in [-0.3, -0.25) is 24.7 Å². The quantitative estimate of drug-likeness (QED) is 0.697. The lowest BCUT2D eigenvalue weighted by Gasteiger charge is -2.46. The molecule has 2 aliphatic heterocycles. The Balaban J connectivity index is 1.56. The summed E-state index contributed by atoms with van der Waals surface area (Å²) in [6.45, 7) is 0.541. The Morgan fingerprint density at radius 2 is 1.94 bits per heavy atom. The molecule has 2 aromatic rings. The number of methoxy groups -OCH3 is 1. The zero-order valence-electron chi connectivity index (χ0n) is 17.7. The van der Waals surface area contributed by atoms with Crippen molar-refractivity contribution in [1.29, 1.82) is 0 Å². The lowest BCUT2D eigenvalue weighted by molar-refractivity contribution is -0.143. The molecular weight excluding hydrogens is 432 g/mol. The third-order valence-corrected chi connectivity index (χ3v) is 6.17. The second kappa shape index (κ2) is 9.58. The molecule has 2 N–H and O–H groups in total. The van der Waals surface area contributed by atoms with Crippen LogP contribution in [0.4, 0.5) is 10.5 Å². The summed E-state index contributed by atoms with van der Waals surface area (Å²) in [4.78, 5) is 42.0. The predicted octanol–water partition coefficient (Wildman–Crippen LogP) is 3.08. The minimum atomic E-state index is -0.519. The molecule has 2 aliphatic rings. The number of anilines is 1. The Morgan fingerprint density at radius 3 is 2.72 bits per heavy atom. The first-order chi connectivity index (χ1) is 15.5. The van der Waals surface area contributed by atoms with Crippen molar-refractivity contribution in [2.75, 3.05) is 25.5 Å². The zero-order chi connectivity index (χ0) is 22.7. The van der Waals surface area contributed by atoms with Gasteiger partial charge in [-0.2, -0.15) is 0 Å². The lowest BCUT2D eigenvalue weighted by Crippen LogP contribution is -2.68. The fourth-order valence-corrected chi connectivity index (χ4v) is 4.42. The van der Waals surface area contributed by atoms with E-state index in [1.54, 1.807) is 42.5 Å². The Morgan fingerprint density at radius 1 is 1.19 bits per heavy atom. The van der Waals surface area contributed by atoms with Gasteiger partial charge in [-0.25, -0.2) is 4.79 Å². The molecule has 0 bridgehead atoms. The van der Waals surface area contributed by atoms with Crippen LogP contribution in [0, 0.1) is 5.92 Å². The first kappa shape index (κ1) is 22.1. The van der Waals surface area contributed by atoms with Crippen molar-refractivity contribution in [2.24, 2.45) is 5.92 Å². The number of ether oxygens (including phenoxy) is 1. The number of fused-ring (bicyclic) bond motifs is 1. The molecule has 2 saturated heterocycles. The summed E-state index contributed by atoms with van der Waals surface area (Å²) in [7, 11) is 1.52. The van der Waals surface area contributed by atoms with Crippen LogP contribution in [0.5, 0.6) is 5.75 Å². The van der Waals surface area contributed by atoms with E-state index < -0.39 is 18.1 Å². The monoisotopic (exact) mass is 456 g/mol. The highest BCUT2D eigenvalue weighted by molar-refractivity contribution is 6.31. The van der Waals surface area contributed by atoms with Crippen LogP contribution >= 0.6 is 11.6 Å². The van der Waals surface area contributed by atoms with Crippen LogP contribution in [0.2, 0.25) is 5.02 Å². The van der Waals surface area contributed by atoms with Crippen LogP contribution in [-0.2, 0) is 16.1 Å². The molecular formula is C23H25ClN4O4. The second-order valence-corrected chi connectivity index (χ2v) is 8.23. The molecule has 0 aliphatic carbocycles. The molecule has 2 atom stereocenters. The Hall–Kier alpha value is -3.10. The van der Waals surface area contributed by atoms with Gasteiger partial charge in [-0.05, 0) is 43.1 Å². The Bertz CT molecular complexity index is 1030. The van der Waals surface area contributed by atoms with E-state index in [1.165, 1.54) is 16.9 Å². The minimum absolute atomic E-state index is 0.0607. The smallest absolute Gasteiger partial charge is 0.328 e. The molecule has 0 aromatic heterocycles. The summed E-state index contributed by atoms with van der Waals surface area (Å²) in [5.41, 5.74) is 1.19. The number of urea groups is 1. The normalized spacial score (nSPS) is 20.7. The maximum atomic E-state index is 13.4. The molecule has 32 heavy (non-hydrogen) atoms. The van der Waals surface area contributed by atoms with Gasteiger partial charge >= 0.3 is 6.03 Å². The molecule has 0 spiro atoms. The van der Waals surface area contributed by atoms with E-state index in [-0.39, 0.29) is 24.9 Å². The molecule has 8 nitrogen and oxygen atoms in total. The van der Waals surface area contributed by atoms with E-state index in [1.807, 2.05) is 6.07 Å². The molecule has 0 radical (unpaired) electrons. The first-order valence-electron chi connectivity index (χ1n) is 10.5. The maximum absolute atomic E-state index is 13.4. The molecule has 2 heterocycles. The van der Waals surface area contributed by atoms with Gasteiger partial charge in [0.1, 0.15) is 12.3 Å². The maximum Gasteiger partial charge on any atom is 0.328 e. The summed E-state index contributed by atoms with van der Waals surface area (Å²) in [6.07, 6.45) is 0.949. The highest BCUT2D eigenvalue weighted by Crippen LogP contribution is 2.30. The lowest BCUT2D eigenvalue weighted by atomic mass is 9.91. The minimum Gasteiger partial charge on any atom is -0.495 e. The third-order valence-electron chi connectivity index (χ3n) is 5.80. The Kier molecular flexibility index (Phi) is 6.62. The van der Waals surface area contributed by atoms with Gasteiger partial charge in [-0.1, -0.05) is 41.9 Å². The van der Waals surface area contributed by atoms with Crippen molar-refractivity contribution in [3.63, 3.8) is 0 Å². The number of nitrogens with zero attached hydrogens (tertiary/aromatic N) is 2. The van der Waals surface area contributed by atoms with Crippen LogP contribution < -0.4 is 15.4 Å². The van der Waals surface area contributed by atoms with Gasteiger partial charge in [0.15, 0.2) is 0 Å². The summed E-state index contributed by atoms with van der Waals surface area (Å²) in [5, 5.41) is 6.53. The van der Waals surface area contributed by atoms with E-state index in [0.29, 0.717) is 35.0 Å². The molecule has 2 aromatic carbocycles. The summed E-state index contributed by atoms with van der Waals surface area (Å²) in [5.74, 6) is -0.507. The number of imide groups is 1. The van der Waals surface area contributed by atoms with Gasteiger partial charge in [0.05, 0.1) is 31.4 Å². The SMILES string of the molecule is COc1ccccc1NC(=O)CN1C(=O)N(Cc2ccccc2Cl)C(=O)C2CCCNC21. The van der Waals surface area contributed by atoms with E-state index in [2.05, 4.69) is 10.6 Å². The van der Waals surface area contributed by atoms with Gasteiger partial charge in [0, 0.05) is 5.02 Å². The number of hydrogen-bond acceptors (Lipinski definition) is 5. The number of carbonyl (C=O) groups is 3. The average molecular weight is 457 g/mol. The van der Waals surface area contributed by atoms with Crippen LogP contribution in [0.15, 0.2) is 48.5 Å². The number of piperidine rings is 1. The highest BCUT2D eigenvalue weighted by atomic mass is 35.5. The number of carbonyl (C=O) groups excluding carboxylic acids is 3. The fourth-order valence-electron chi connectivity index (χ4n) is 4.23. The van der Waals surface area contributed by atoms with Gasteiger partial charge in [-0.15, -0.1) is 0 Å². The topological polar surface area (TPSA) is 91.0 Å². The summed E-state index contributed by atoms with van der Waals surface area (Å²) >= 11 is 6.26. The number of rotatable bonds is 6. The van der Waals surface area contributed by atoms with Gasteiger partial charge in [0.2, 0.25) is 11.8 Å². The molecule has 9 heteroatoms. The molecule has 2 fully saturated rings. The van der Waals surface area contributed by atoms with Crippen molar-refractivity contribution < 1.29 is 19.1 Å². The third kappa shape index (κ3) is 4.42. The van der Waals surface area contributed by atoms with Crippen molar-refractivity contribution in [3.05, 3.63) is 59.1 Å². The van der Waals surface area contributed by atoms with Crippen molar-refractivity contribution in [3.8, 4) is 5.75 Å². The van der Waals surface area contributed by atoms with E-state index in [0.717, 1.165) is 6.42 Å². The fraction of sp³-hybridized carbons (Fsp3) is 0.348. The van der Waals surface area contributed by atoms with Crippen LogP contribution in [0.25, 0.3) is 0 Å². The Labute approximate surface area is 191 Å². The van der Waals surface area contributed by atoms with Gasteiger partial charge < -0.3 is 10.1 Å². The molecule has 0 saturated carbocycles. The first-order valence-corrected chi connectivity index (χ1v) is 10.9. The molecule has 2 unspecified atom stereocenters. The van der Waals surface area contributed by atoms with E-state index >= 15 is 0 Å². The number of para-hydroxylation sites is 2. The van der Waals surface area contributed by atoms with E-state index in [9.17, 15) is 14.4 Å². The van der Waals surface area contributed by atoms with Crippen LogP contribution in [0.1, 0.15) is 18.4 Å². The van der Waals surface area contributed by atoms with Crippen molar-refractivity contribution >= 4 is 35.1 Å². The van der Waals surface area contributed by atoms with E-state index in [4.69, 9.17) is 16.3 Å². The highest BCUT2D eigenvalue weighted by Gasteiger charge is 2.47. The number of nitrogens with one attached hydrogen (secondary N) is 2. The molecule has 4 amide bonds. The largest absolute Gasteiger partial charge is 0.495 e. The number of halogens is 1. The average Bonchev–Trinajstić information content (AvgIpc) is 2.81. The van der Waals surface area contributed by atoms with Crippen molar-refractivity contribution in [1.82, 2.24) is 15.1 Å². The zero-order valence-corrected chi connectivity index (χ0v) is 18.5. The van der Waals surface area contributed by atoms with Gasteiger partial charge in [0.25, 0.3) is 0 Å². The summed E-state index contributed by atoms with van der Waals surface area (Å²) < 4.78 is 5.28. The number of benzene rings is 2. The van der Waals surface area contributed by atoms with Crippen LogP contribution in [0.3, 0.4) is 0 Å². The second-order valence-electron chi connectivity index (χ2n) is 7.82. The standard InChI is InChI=1S/C23H25ClN4O4/c1-32-19-11-5-4-10-18(19)26-20(29)14-27-21-16(8-6-12-25-21)22(30)28(23(27)31)13-15-7-2-3-9-17(15)24/h2-5,7,9-11,16,21,25H,6,8,12-14H2,1H3,(H,26,29). The van der Waals surface area contributed by atoms with Crippen LogP contribution in [-0.4, -0.2) is 54.0 Å².